The van der Waals surface area contributed by atoms with Gasteiger partial charge in [-0.25, -0.2) is 0 Å². The first kappa shape index (κ1) is 19.6. The lowest BCUT2D eigenvalue weighted by Crippen LogP contribution is -2.63. The summed E-state index contributed by atoms with van der Waals surface area (Å²) < 4.78 is -1.62. The number of hydrogen-bond donors (Lipinski definition) is 0. The largest absolute Gasteiger partial charge is 0.255 e. The average Bonchev–Trinajstić information content (AvgIpc) is 2.57. The Kier molecular flexibility index (Phi) is 7.43. The highest BCUT2D eigenvalue weighted by atomic mass is 80.0. The van der Waals surface area contributed by atoms with E-state index in [4.69, 9.17) is 0 Å². The van der Waals surface area contributed by atoms with Crippen LogP contribution in [0.1, 0.15) is 96.3 Å². The maximum absolute atomic E-state index is 4.34. The third kappa shape index (κ3) is 4.09. The molecule has 3 rings (SSSR count). The molecule has 0 amide bonds. The monoisotopic (exact) mass is 542 g/mol. The molecule has 0 bridgehead atoms. The molecule has 0 aromatic heterocycles. The first-order valence-electron chi connectivity index (χ1n) is 10.1. The average molecular weight is 545 g/mol. The van der Waals surface area contributed by atoms with E-state index in [2.05, 4.69) is 45.9 Å². The van der Waals surface area contributed by atoms with Crippen LogP contribution in [0.4, 0.5) is 0 Å². The minimum absolute atomic E-state index is 1.09. The second-order valence-electron chi connectivity index (χ2n) is 8.44. The second kappa shape index (κ2) is 8.71. The van der Waals surface area contributed by atoms with E-state index in [1.807, 2.05) is 0 Å². The van der Waals surface area contributed by atoms with Gasteiger partial charge in [0.1, 0.15) is 0 Å². The topological polar surface area (TPSA) is 0 Å². The first-order chi connectivity index (χ1) is 11.1. The van der Waals surface area contributed by atoms with E-state index >= 15 is 0 Å². The van der Waals surface area contributed by atoms with Gasteiger partial charge in [0, 0.05) is 0 Å². The van der Waals surface area contributed by atoms with Gasteiger partial charge in [0.15, 0.2) is 0 Å². The molecule has 3 aliphatic rings. The van der Waals surface area contributed by atoms with Crippen molar-refractivity contribution < 1.29 is 0 Å². The Bertz CT molecular complexity index is 319. The number of hydrogen-bond acceptors (Lipinski definition) is 0. The van der Waals surface area contributed by atoms with Crippen molar-refractivity contribution in [2.45, 2.75) is 113 Å². The van der Waals surface area contributed by atoms with E-state index in [1.54, 1.807) is 38.5 Å². The van der Waals surface area contributed by atoms with Crippen molar-refractivity contribution in [3.05, 3.63) is 0 Å². The third-order valence-corrected chi connectivity index (χ3v) is 39.3. The van der Waals surface area contributed by atoms with Gasteiger partial charge in [-0.2, -0.15) is 0 Å². The fraction of sp³-hybridized carbons (Fsp3) is 1.00. The van der Waals surface area contributed by atoms with Crippen molar-refractivity contribution in [3.8, 4) is 0 Å². The zero-order valence-corrected chi connectivity index (χ0v) is 21.2. The normalized spacial score (nSPS) is 27.3. The van der Waals surface area contributed by atoms with Gasteiger partial charge in [0.2, 0.25) is 0 Å². The maximum Gasteiger partial charge on any atom is 0.255 e. The van der Waals surface area contributed by atoms with Gasteiger partial charge in [-0.05, 0) is 16.6 Å². The Morgan fingerprint density at radius 1 is 0.435 bits per heavy atom. The molecule has 0 nitrogen and oxygen atoms in total. The Labute approximate surface area is 168 Å². The summed E-state index contributed by atoms with van der Waals surface area (Å²) in [6.45, 7) is 0. The molecule has 23 heavy (non-hydrogen) atoms. The van der Waals surface area contributed by atoms with E-state index < -0.39 is 11.0 Å². The highest BCUT2D eigenvalue weighted by Gasteiger charge is 2.63. The molecule has 0 heterocycles. The fourth-order valence-electron chi connectivity index (χ4n) is 6.44. The highest BCUT2D eigenvalue weighted by molar-refractivity contribution is 9.74. The predicted molar refractivity (Wildman–Crippen MR) is 119 cm³/mol. The lowest BCUT2D eigenvalue weighted by molar-refractivity contribution is 0.424. The zero-order chi connectivity index (χ0) is 16.3. The fourth-order valence-corrected chi connectivity index (χ4v) is 46.9. The Morgan fingerprint density at radius 2 is 0.696 bits per heavy atom. The van der Waals surface area contributed by atoms with Crippen molar-refractivity contribution in [2.24, 2.45) is 0 Å². The van der Waals surface area contributed by atoms with Gasteiger partial charge in [-0.1, -0.05) is 142 Å². The molecule has 0 N–H and O–H groups in total. The second-order valence-corrected chi connectivity index (χ2v) is 45.5. The van der Waals surface area contributed by atoms with E-state index in [9.17, 15) is 0 Å². The quantitative estimate of drug-likeness (QED) is 0.245. The van der Waals surface area contributed by atoms with Gasteiger partial charge in [0.05, 0.1) is 7.59 Å². The predicted octanol–water partition coefficient (Wildman–Crippen LogP) is 8.64. The number of halogens is 3. The summed E-state index contributed by atoms with van der Waals surface area (Å²) in [5.74, 6) is 0. The van der Waals surface area contributed by atoms with Gasteiger partial charge in [-0.3, -0.25) is 0 Å². The molecular weight excluding hydrogens is 512 g/mol. The minimum Gasteiger partial charge on any atom is -0.1000 e. The van der Waals surface area contributed by atoms with Gasteiger partial charge in [0.25, 0.3) is 3.45 Å². The van der Waals surface area contributed by atoms with Crippen molar-refractivity contribution in [1.29, 1.82) is 0 Å². The summed E-state index contributed by atoms with van der Waals surface area (Å²) in [5, 5.41) is 0. The zero-order valence-electron chi connectivity index (χ0n) is 14.5. The molecule has 3 saturated carbocycles. The molecular formula is C18H33Br3Si2. The van der Waals surface area contributed by atoms with Crippen LogP contribution in [0.2, 0.25) is 16.6 Å². The molecule has 0 unspecified atom stereocenters. The standard InChI is InChI=1S/C18H33Br3Si2/c19-23(20,21)22(16-10-4-1-5-11-16,17-12-6-2-7-13-17)18-14-8-3-9-15-18/h16-18H,1-15H2. The Balaban J connectivity index is 1.99. The molecule has 0 radical (unpaired) electrons. The van der Waals surface area contributed by atoms with Crippen LogP contribution in [-0.2, 0) is 0 Å². The van der Waals surface area contributed by atoms with Crippen LogP contribution < -0.4 is 0 Å². The molecule has 3 aliphatic carbocycles. The van der Waals surface area contributed by atoms with Crippen LogP contribution in [0, 0.1) is 0 Å². The van der Waals surface area contributed by atoms with E-state index in [0.717, 1.165) is 16.6 Å². The van der Waals surface area contributed by atoms with Crippen molar-refractivity contribution >= 4 is 56.9 Å². The molecule has 3 fully saturated rings. The summed E-state index contributed by atoms with van der Waals surface area (Å²) >= 11 is 13.0. The summed E-state index contributed by atoms with van der Waals surface area (Å²) in [7, 11) is -1.41. The van der Waals surface area contributed by atoms with Crippen molar-refractivity contribution in [3.63, 3.8) is 0 Å². The van der Waals surface area contributed by atoms with Crippen LogP contribution in [0.3, 0.4) is 0 Å². The van der Waals surface area contributed by atoms with Gasteiger partial charge >= 0.3 is 0 Å². The maximum atomic E-state index is 4.34. The molecule has 0 aromatic rings. The van der Waals surface area contributed by atoms with Crippen molar-refractivity contribution in [2.75, 3.05) is 0 Å². The molecule has 0 aromatic carbocycles. The third-order valence-electron chi connectivity index (χ3n) is 7.33. The van der Waals surface area contributed by atoms with E-state index in [0.29, 0.717) is 0 Å². The summed E-state index contributed by atoms with van der Waals surface area (Å²) in [6.07, 6.45) is 22.9. The molecule has 0 atom stereocenters. The Morgan fingerprint density at radius 3 is 0.913 bits per heavy atom. The smallest absolute Gasteiger partial charge is 0.1000 e. The lowest BCUT2D eigenvalue weighted by Gasteiger charge is -2.56. The van der Waals surface area contributed by atoms with E-state index in [-0.39, 0.29) is 0 Å². The Hall–Kier alpha value is 1.87. The molecule has 0 aliphatic heterocycles. The van der Waals surface area contributed by atoms with Crippen LogP contribution >= 0.6 is 45.9 Å². The van der Waals surface area contributed by atoms with Crippen LogP contribution in [0.15, 0.2) is 0 Å². The van der Waals surface area contributed by atoms with Crippen LogP contribution in [-0.4, -0.2) is 11.0 Å². The molecule has 0 saturated heterocycles. The molecule has 0 spiro atoms. The first-order valence-corrected chi connectivity index (χ1v) is 22.1. The summed E-state index contributed by atoms with van der Waals surface area (Å²) in [5.41, 5.74) is 3.27. The van der Waals surface area contributed by atoms with E-state index in [1.165, 1.54) is 57.8 Å². The lowest BCUT2D eigenvalue weighted by atomic mass is 9.98. The molecule has 134 valence electrons. The van der Waals surface area contributed by atoms with Crippen molar-refractivity contribution in [1.82, 2.24) is 0 Å². The van der Waals surface area contributed by atoms with Crippen LogP contribution in [0.5, 0.6) is 0 Å². The summed E-state index contributed by atoms with van der Waals surface area (Å²) in [6, 6.07) is 0. The van der Waals surface area contributed by atoms with Crippen LogP contribution in [0.25, 0.3) is 0 Å². The highest BCUT2D eigenvalue weighted by Crippen LogP contribution is 2.64. The van der Waals surface area contributed by atoms with Gasteiger partial charge < -0.3 is 0 Å². The minimum atomic E-state index is -1.62. The number of rotatable bonds is 4. The summed E-state index contributed by atoms with van der Waals surface area (Å²) in [4.78, 5) is 0. The molecule has 5 heteroatoms. The SMILES string of the molecule is Br[Si](Br)(Br)[Si](C1CCCCC1)(C1CCCCC1)C1CCCCC1. The van der Waals surface area contributed by atoms with Gasteiger partial charge in [-0.15, -0.1) is 0 Å².